The Kier molecular flexibility index (Phi) is 5.29. The van der Waals surface area contributed by atoms with Crippen LogP contribution in [-0.2, 0) is 10.0 Å². The van der Waals surface area contributed by atoms with Crippen molar-refractivity contribution in [2.75, 3.05) is 13.1 Å². The van der Waals surface area contributed by atoms with Crippen LogP contribution in [0.25, 0.3) is 0 Å². The fourth-order valence-electron chi connectivity index (χ4n) is 2.54. The van der Waals surface area contributed by atoms with Crippen molar-refractivity contribution in [2.45, 2.75) is 50.2 Å². The normalized spacial score (nSPS) is 20.9. The first kappa shape index (κ1) is 16.3. The summed E-state index contributed by atoms with van der Waals surface area (Å²) in [5.41, 5.74) is 0. The van der Waals surface area contributed by atoms with Crippen LogP contribution < -0.4 is 5.32 Å². The summed E-state index contributed by atoms with van der Waals surface area (Å²) < 4.78 is 40.5. The Morgan fingerprint density at radius 2 is 2.24 bits per heavy atom. The number of nitrogens with zero attached hydrogens (tertiary/aromatic N) is 2. The van der Waals surface area contributed by atoms with Gasteiger partial charge in [0, 0.05) is 31.4 Å². The van der Waals surface area contributed by atoms with E-state index in [9.17, 15) is 12.8 Å². The molecule has 0 aliphatic carbocycles. The molecule has 1 N–H and O–H groups in total. The van der Waals surface area contributed by atoms with Gasteiger partial charge in [-0.15, -0.1) is 0 Å². The van der Waals surface area contributed by atoms with Crippen molar-refractivity contribution in [1.29, 1.82) is 0 Å². The highest BCUT2D eigenvalue weighted by atomic mass is 32.2. The molecule has 0 amide bonds. The van der Waals surface area contributed by atoms with Crippen molar-refractivity contribution in [2.24, 2.45) is 0 Å². The lowest BCUT2D eigenvalue weighted by molar-refractivity contribution is 0.240. The predicted molar refractivity (Wildman–Crippen MR) is 78.9 cm³/mol. The van der Waals surface area contributed by atoms with Crippen LogP contribution in [0.2, 0.25) is 0 Å². The second kappa shape index (κ2) is 6.81. The van der Waals surface area contributed by atoms with Crippen LogP contribution in [0.3, 0.4) is 0 Å². The van der Waals surface area contributed by atoms with Gasteiger partial charge in [0.05, 0.1) is 0 Å². The molecule has 1 aliphatic heterocycles. The molecule has 0 spiro atoms. The summed E-state index contributed by atoms with van der Waals surface area (Å²) in [6, 6.07) is 2.66. The Morgan fingerprint density at radius 1 is 1.48 bits per heavy atom. The molecule has 0 aromatic carbocycles. The minimum absolute atomic E-state index is 0.146. The smallest absolute Gasteiger partial charge is 0.263 e. The van der Waals surface area contributed by atoms with E-state index in [1.54, 1.807) is 0 Å². The monoisotopic (exact) mass is 315 g/mol. The van der Waals surface area contributed by atoms with E-state index in [-0.39, 0.29) is 12.1 Å². The van der Waals surface area contributed by atoms with Crippen molar-refractivity contribution < 1.29 is 12.8 Å². The molecule has 5 nitrogen and oxygen atoms in total. The van der Waals surface area contributed by atoms with E-state index in [4.69, 9.17) is 0 Å². The zero-order valence-corrected chi connectivity index (χ0v) is 13.2. The Bertz CT molecular complexity index is 577. The highest BCUT2D eigenvalue weighted by Gasteiger charge is 2.35. The predicted octanol–water partition coefficient (Wildman–Crippen LogP) is 1.76. The summed E-state index contributed by atoms with van der Waals surface area (Å²) in [6.07, 6.45) is 3.88. The first-order chi connectivity index (χ1) is 9.93. The topological polar surface area (TPSA) is 62.3 Å². The Labute approximate surface area is 125 Å². The Morgan fingerprint density at radius 3 is 2.90 bits per heavy atom. The van der Waals surface area contributed by atoms with Gasteiger partial charge in [-0.2, -0.15) is 4.31 Å². The number of sulfonamides is 1. The second-order valence-electron chi connectivity index (χ2n) is 5.62. The summed E-state index contributed by atoms with van der Waals surface area (Å²) >= 11 is 0. The van der Waals surface area contributed by atoms with Crippen LogP contribution in [0.4, 0.5) is 4.39 Å². The lowest BCUT2D eigenvalue weighted by atomic mass is 10.0. The number of pyridine rings is 1. The molecule has 7 heteroatoms. The van der Waals surface area contributed by atoms with Gasteiger partial charge in [0.1, 0.15) is 0 Å². The maximum absolute atomic E-state index is 13.8. The van der Waals surface area contributed by atoms with Crippen molar-refractivity contribution in [3.63, 3.8) is 0 Å². The van der Waals surface area contributed by atoms with Crippen LogP contribution in [0, 0.1) is 5.82 Å². The van der Waals surface area contributed by atoms with Crippen LogP contribution in [-0.4, -0.2) is 42.9 Å². The molecule has 2 heterocycles. The highest BCUT2D eigenvalue weighted by molar-refractivity contribution is 7.89. The van der Waals surface area contributed by atoms with E-state index in [0.717, 1.165) is 25.3 Å². The van der Waals surface area contributed by atoms with E-state index >= 15 is 0 Å². The van der Waals surface area contributed by atoms with Crippen LogP contribution in [0.5, 0.6) is 0 Å². The molecule has 1 aromatic heterocycles. The number of hydrogen-bond acceptors (Lipinski definition) is 4. The first-order valence-electron chi connectivity index (χ1n) is 7.28. The summed E-state index contributed by atoms with van der Waals surface area (Å²) in [5, 5.41) is 2.79. The maximum Gasteiger partial charge on any atom is 0.263 e. The van der Waals surface area contributed by atoms with Gasteiger partial charge in [-0.3, -0.25) is 0 Å². The van der Waals surface area contributed by atoms with Gasteiger partial charge in [-0.1, -0.05) is 20.3 Å². The van der Waals surface area contributed by atoms with Crippen molar-refractivity contribution in [3.05, 3.63) is 24.1 Å². The van der Waals surface area contributed by atoms with E-state index in [0.29, 0.717) is 13.1 Å². The lowest BCUT2D eigenvalue weighted by Crippen LogP contribution is -2.49. The molecule has 0 radical (unpaired) electrons. The molecule has 2 rings (SSSR count). The number of rotatable bonds is 5. The third-order valence-electron chi connectivity index (χ3n) is 3.61. The summed E-state index contributed by atoms with van der Waals surface area (Å²) in [6.45, 7) is 5.02. The van der Waals surface area contributed by atoms with Gasteiger partial charge >= 0.3 is 0 Å². The number of nitrogens with one attached hydrogen (secondary N) is 1. The second-order valence-corrected chi connectivity index (χ2v) is 7.42. The van der Waals surface area contributed by atoms with E-state index in [2.05, 4.69) is 10.3 Å². The van der Waals surface area contributed by atoms with Crippen molar-refractivity contribution >= 4 is 10.0 Å². The molecule has 0 saturated carbocycles. The largest absolute Gasteiger partial charge is 0.313 e. The van der Waals surface area contributed by atoms with Gasteiger partial charge in [0.15, 0.2) is 5.82 Å². The number of aromatic nitrogens is 1. The molecular formula is C14H22FN3O2S. The zero-order chi connectivity index (χ0) is 15.5. The number of piperidine rings is 1. The maximum atomic E-state index is 13.8. The summed E-state index contributed by atoms with van der Waals surface area (Å²) in [7, 11) is -3.88. The van der Waals surface area contributed by atoms with Gasteiger partial charge in [0.2, 0.25) is 5.03 Å². The molecule has 1 fully saturated rings. The molecule has 1 atom stereocenters. The van der Waals surface area contributed by atoms with E-state index < -0.39 is 20.9 Å². The molecule has 21 heavy (non-hydrogen) atoms. The van der Waals surface area contributed by atoms with Gasteiger partial charge in [-0.05, 0) is 25.0 Å². The van der Waals surface area contributed by atoms with Gasteiger partial charge in [-0.25, -0.2) is 17.8 Å². The molecule has 1 saturated heterocycles. The Balaban J connectivity index is 2.25. The van der Waals surface area contributed by atoms with Crippen molar-refractivity contribution in [3.8, 4) is 0 Å². The minimum Gasteiger partial charge on any atom is -0.313 e. The van der Waals surface area contributed by atoms with Crippen molar-refractivity contribution in [1.82, 2.24) is 14.6 Å². The average molecular weight is 315 g/mol. The third-order valence-corrected chi connectivity index (χ3v) is 5.50. The molecular weight excluding hydrogens is 293 g/mol. The van der Waals surface area contributed by atoms with Gasteiger partial charge < -0.3 is 5.32 Å². The Hall–Kier alpha value is -1.05. The van der Waals surface area contributed by atoms with Crippen LogP contribution >= 0.6 is 0 Å². The highest BCUT2D eigenvalue weighted by Crippen LogP contribution is 2.25. The zero-order valence-electron chi connectivity index (χ0n) is 12.4. The number of hydrogen-bond donors (Lipinski definition) is 1. The number of halogens is 1. The standard InChI is InChI=1S/C14H22FN3O2S/c1-11(2)17-10-12-6-3-4-9-18(12)21(19,20)14-13(15)7-5-8-16-14/h5,7-8,11-12,17H,3-4,6,9-10H2,1-2H3. The molecule has 1 aromatic rings. The fourth-order valence-corrected chi connectivity index (χ4v) is 4.21. The lowest BCUT2D eigenvalue weighted by Gasteiger charge is -2.35. The molecule has 1 unspecified atom stereocenters. The minimum atomic E-state index is -3.88. The third kappa shape index (κ3) is 3.78. The average Bonchev–Trinajstić information content (AvgIpc) is 2.45. The molecule has 118 valence electrons. The van der Waals surface area contributed by atoms with E-state index in [1.165, 1.54) is 16.6 Å². The summed E-state index contributed by atoms with van der Waals surface area (Å²) in [4.78, 5) is 3.73. The van der Waals surface area contributed by atoms with E-state index in [1.807, 2.05) is 13.8 Å². The SMILES string of the molecule is CC(C)NCC1CCCCN1S(=O)(=O)c1ncccc1F. The fraction of sp³-hybridized carbons (Fsp3) is 0.643. The molecule has 1 aliphatic rings. The van der Waals surface area contributed by atoms with Crippen LogP contribution in [0.1, 0.15) is 33.1 Å². The van der Waals surface area contributed by atoms with Crippen LogP contribution in [0.15, 0.2) is 23.4 Å². The van der Waals surface area contributed by atoms with Gasteiger partial charge in [0.25, 0.3) is 10.0 Å². The summed E-state index contributed by atoms with van der Waals surface area (Å²) in [5.74, 6) is -0.793. The molecule has 0 bridgehead atoms. The quantitative estimate of drug-likeness (QED) is 0.899. The first-order valence-corrected chi connectivity index (χ1v) is 8.72.